The van der Waals surface area contributed by atoms with Gasteiger partial charge in [0.1, 0.15) is 19.6 Å². The van der Waals surface area contributed by atoms with Crippen LogP contribution in [0.15, 0.2) is 24.3 Å². The maximum Gasteiger partial charge on any atom is 0.202 e. The van der Waals surface area contributed by atoms with E-state index in [4.69, 9.17) is 4.74 Å². The first-order chi connectivity index (χ1) is 16.1. The topological polar surface area (TPSA) is 72.4 Å². The van der Waals surface area contributed by atoms with Crippen molar-refractivity contribution in [2.45, 2.75) is 50.3 Å². The molecule has 2 unspecified atom stereocenters. The van der Waals surface area contributed by atoms with Gasteiger partial charge in [0.05, 0.1) is 17.3 Å². The molecule has 2 fully saturated rings. The zero-order valence-corrected chi connectivity index (χ0v) is 19.5. The van der Waals surface area contributed by atoms with E-state index in [-0.39, 0.29) is 11.7 Å². The molecule has 0 radical (unpaired) electrons. The number of carbonyl (C=O) groups is 2. The monoisotopic (exact) mass is 463 g/mol. The quantitative estimate of drug-likeness (QED) is 0.565. The van der Waals surface area contributed by atoms with Crippen LogP contribution >= 0.6 is 0 Å². The van der Waals surface area contributed by atoms with Crippen LogP contribution in [-0.4, -0.2) is 57.2 Å². The Bertz CT molecular complexity index is 915. The molecule has 0 spiro atoms. The number of alkyl halides is 2. The third-order valence-corrected chi connectivity index (χ3v) is 7.17. The van der Waals surface area contributed by atoms with E-state index in [0.29, 0.717) is 23.1 Å². The molecular formula is C25H35F2N3O3. The molecule has 1 aromatic heterocycles. The van der Waals surface area contributed by atoms with Gasteiger partial charge in [-0.15, -0.1) is 0 Å². The largest absolute Gasteiger partial charge is 0.388 e. The Hall–Kier alpha value is -2.32. The van der Waals surface area contributed by atoms with Crippen molar-refractivity contribution >= 4 is 29.2 Å². The number of hydrogen-bond donors (Lipinski definition) is 2. The highest BCUT2D eigenvalue weighted by Gasteiger charge is 2.36. The number of aromatic nitrogens is 1. The van der Waals surface area contributed by atoms with Gasteiger partial charge in [0, 0.05) is 25.2 Å². The van der Waals surface area contributed by atoms with Crippen LogP contribution in [0, 0.1) is 11.8 Å². The van der Waals surface area contributed by atoms with Crippen LogP contribution in [0.5, 0.6) is 0 Å². The molecule has 182 valence electrons. The molecule has 1 aliphatic carbocycles. The van der Waals surface area contributed by atoms with Crippen molar-refractivity contribution < 1.29 is 23.1 Å². The van der Waals surface area contributed by atoms with Crippen molar-refractivity contribution in [3.05, 3.63) is 30.0 Å². The van der Waals surface area contributed by atoms with Gasteiger partial charge in [-0.05, 0) is 49.1 Å². The summed E-state index contributed by atoms with van der Waals surface area (Å²) in [5, 5.41) is 6.97. The summed E-state index contributed by atoms with van der Waals surface area (Å²) in [5.41, 5.74) is -0.247. The molecule has 2 heterocycles. The van der Waals surface area contributed by atoms with Crippen molar-refractivity contribution in [1.29, 1.82) is 0 Å². The number of fused-ring (bicyclic) bond motifs is 1. The lowest BCUT2D eigenvalue weighted by molar-refractivity contribution is -0.110. The second kappa shape index (κ2) is 11.7. The minimum atomic E-state index is -1.81. The smallest absolute Gasteiger partial charge is 0.202 e. The molecule has 4 rings (SSSR count). The summed E-state index contributed by atoms with van der Waals surface area (Å²) in [6.07, 6.45) is 9.79. The first kappa shape index (κ1) is 25.3. The molecule has 1 saturated carbocycles. The number of carbonyl (C=O) groups excluding carboxylic acids is 2. The lowest BCUT2D eigenvalue weighted by Gasteiger charge is -2.30. The molecule has 0 amide bonds. The normalized spacial score (nSPS) is 21.5. The van der Waals surface area contributed by atoms with Crippen molar-refractivity contribution in [3.63, 3.8) is 0 Å². The molecule has 2 N–H and O–H groups in total. The molecule has 2 atom stereocenters. The molecule has 8 heteroatoms. The Morgan fingerprint density at radius 3 is 2.45 bits per heavy atom. The summed E-state index contributed by atoms with van der Waals surface area (Å²) < 4.78 is 33.0. The van der Waals surface area contributed by atoms with Crippen LogP contribution in [-0.2, 0) is 15.3 Å². The van der Waals surface area contributed by atoms with Crippen LogP contribution in [0.1, 0.15) is 49.0 Å². The number of ether oxygens (including phenoxy) is 1. The van der Waals surface area contributed by atoms with Crippen LogP contribution in [0.3, 0.4) is 0 Å². The SMILES string of the molecule is CNc1ccc2c(c1)cc(C=O)n2C(CF)(CF)OC.O=CC1NCCC1C1CCCCC1. The van der Waals surface area contributed by atoms with E-state index < -0.39 is 19.1 Å². The van der Waals surface area contributed by atoms with Gasteiger partial charge < -0.3 is 24.7 Å². The predicted molar refractivity (Wildman–Crippen MR) is 126 cm³/mol. The first-order valence-electron chi connectivity index (χ1n) is 11.7. The van der Waals surface area contributed by atoms with E-state index in [1.165, 1.54) is 50.2 Å². The Morgan fingerprint density at radius 2 is 1.88 bits per heavy atom. The van der Waals surface area contributed by atoms with E-state index >= 15 is 0 Å². The van der Waals surface area contributed by atoms with Crippen LogP contribution in [0.2, 0.25) is 0 Å². The molecule has 2 aromatic rings. The Labute approximate surface area is 194 Å². The highest BCUT2D eigenvalue weighted by atomic mass is 19.1. The van der Waals surface area contributed by atoms with E-state index in [1.807, 2.05) is 0 Å². The molecular weight excluding hydrogens is 428 g/mol. The zero-order valence-electron chi connectivity index (χ0n) is 19.5. The van der Waals surface area contributed by atoms with E-state index in [2.05, 4.69) is 10.6 Å². The number of nitrogens with one attached hydrogen (secondary N) is 2. The number of aldehydes is 2. The summed E-state index contributed by atoms with van der Waals surface area (Å²) in [6, 6.07) is 7.03. The van der Waals surface area contributed by atoms with Crippen molar-refractivity contribution in [2.75, 3.05) is 39.4 Å². The molecule has 2 aliphatic rings. The number of nitrogens with zero attached hydrogens (tertiary/aromatic N) is 1. The number of hydrogen-bond acceptors (Lipinski definition) is 5. The minimum absolute atomic E-state index is 0.170. The number of benzene rings is 1. The standard InChI is InChI=1S/C14H16F2N2O2.C11H19NO/c1-17-11-3-4-13-10(5-11)6-12(7-19)18(13)14(8-15,9-16)20-2;13-8-11-10(6-7-12-11)9-4-2-1-3-5-9/h3-7,17H,8-9H2,1-2H3;8-12H,1-7H2. The molecule has 1 saturated heterocycles. The minimum Gasteiger partial charge on any atom is -0.388 e. The maximum absolute atomic E-state index is 13.4. The Balaban J connectivity index is 0.000000203. The van der Waals surface area contributed by atoms with E-state index in [1.54, 1.807) is 31.3 Å². The Morgan fingerprint density at radius 1 is 1.15 bits per heavy atom. The van der Waals surface area contributed by atoms with Gasteiger partial charge >= 0.3 is 0 Å². The summed E-state index contributed by atoms with van der Waals surface area (Å²) >= 11 is 0. The van der Waals surface area contributed by atoms with Gasteiger partial charge in [0.2, 0.25) is 5.72 Å². The number of anilines is 1. The van der Waals surface area contributed by atoms with Crippen LogP contribution in [0.4, 0.5) is 14.5 Å². The average molecular weight is 464 g/mol. The van der Waals surface area contributed by atoms with Crippen LogP contribution < -0.4 is 10.6 Å². The fraction of sp³-hybridized carbons (Fsp3) is 0.600. The highest BCUT2D eigenvalue weighted by molar-refractivity contribution is 5.91. The van der Waals surface area contributed by atoms with Gasteiger partial charge in [-0.3, -0.25) is 4.79 Å². The van der Waals surface area contributed by atoms with Crippen molar-refractivity contribution in [2.24, 2.45) is 11.8 Å². The average Bonchev–Trinajstić information content (AvgIpc) is 3.51. The van der Waals surface area contributed by atoms with E-state index in [9.17, 15) is 18.4 Å². The summed E-state index contributed by atoms with van der Waals surface area (Å²) in [4.78, 5) is 22.0. The van der Waals surface area contributed by atoms with Crippen LogP contribution in [0.25, 0.3) is 10.9 Å². The second-order valence-electron chi connectivity index (χ2n) is 8.93. The zero-order chi connectivity index (χ0) is 23.8. The van der Waals surface area contributed by atoms with Gasteiger partial charge in [-0.25, -0.2) is 8.78 Å². The third-order valence-electron chi connectivity index (χ3n) is 7.17. The highest BCUT2D eigenvalue weighted by Crippen LogP contribution is 2.35. The number of halogens is 2. The maximum atomic E-state index is 13.4. The summed E-state index contributed by atoms with van der Waals surface area (Å²) in [5.74, 6) is 1.48. The molecule has 33 heavy (non-hydrogen) atoms. The molecule has 6 nitrogen and oxygen atoms in total. The Kier molecular flexibility index (Phi) is 8.97. The predicted octanol–water partition coefficient (Wildman–Crippen LogP) is 4.48. The summed E-state index contributed by atoms with van der Waals surface area (Å²) in [7, 11) is 2.99. The fourth-order valence-electron chi connectivity index (χ4n) is 5.28. The first-order valence-corrected chi connectivity index (χ1v) is 11.7. The van der Waals surface area contributed by atoms with E-state index in [0.717, 1.165) is 24.4 Å². The molecule has 1 aliphatic heterocycles. The lowest BCUT2D eigenvalue weighted by Crippen LogP contribution is -2.41. The lowest BCUT2D eigenvalue weighted by atomic mass is 9.77. The van der Waals surface area contributed by atoms with Crippen molar-refractivity contribution in [3.8, 4) is 0 Å². The van der Waals surface area contributed by atoms with Gasteiger partial charge in [-0.2, -0.15) is 0 Å². The fourth-order valence-corrected chi connectivity index (χ4v) is 5.28. The molecule has 1 aromatic carbocycles. The van der Waals surface area contributed by atoms with Gasteiger partial charge in [0.15, 0.2) is 6.29 Å². The van der Waals surface area contributed by atoms with Crippen molar-refractivity contribution in [1.82, 2.24) is 9.88 Å². The van der Waals surface area contributed by atoms with Gasteiger partial charge in [0.25, 0.3) is 0 Å². The third kappa shape index (κ3) is 5.27. The number of rotatable bonds is 8. The second-order valence-corrected chi connectivity index (χ2v) is 8.93. The number of methoxy groups -OCH3 is 1. The van der Waals surface area contributed by atoms with Gasteiger partial charge in [-0.1, -0.05) is 32.1 Å². The molecule has 0 bridgehead atoms. The summed E-state index contributed by atoms with van der Waals surface area (Å²) in [6.45, 7) is -1.10.